The molecule has 0 spiro atoms. The number of fused-ring (bicyclic) bond motifs is 3. The fourth-order valence-corrected chi connectivity index (χ4v) is 3.39. The number of hydrogen-bond acceptors (Lipinski definition) is 3. The second-order valence-corrected chi connectivity index (χ2v) is 6.35. The van der Waals surface area contributed by atoms with Crippen LogP contribution in [0.4, 0.5) is 4.79 Å². The van der Waals surface area contributed by atoms with Crippen LogP contribution in [0, 0.1) is 0 Å². The molecule has 0 bridgehead atoms. The van der Waals surface area contributed by atoms with Crippen LogP contribution in [-0.4, -0.2) is 25.0 Å². The van der Waals surface area contributed by atoms with Crippen LogP contribution in [0.1, 0.15) is 43.2 Å². The highest BCUT2D eigenvalue weighted by Crippen LogP contribution is 2.44. The van der Waals surface area contributed by atoms with Crippen LogP contribution in [-0.2, 0) is 9.53 Å². The van der Waals surface area contributed by atoms with Gasteiger partial charge in [0.15, 0.2) is 0 Å². The zero-order valence-corrected chi connectivity index (χ0v) is 14.4. The molecule has 1 aliphatic rings. The predicted molar refractivity (Wildman–Crippen MR) is 97.6 cm³/mol. The van der Waals surface area contributed by atoms with Gasteiger partial charge in [0.25, 0.3) is 0 Å². The highest BCUT2D eigenvalue weighted by atomic mass is 16.5. The van der Waals surface area contributed by atoms with Gasteiger partial charge in [-0.1, -0.05) is 68.3 Å². The van der Waals surface area contributed by atoms with E-state index < -0.39 is 12.1 Å². The standard InChI is InChI=1S/C21H23NO3/c1-2-3-8-15(13-23)22-21(24)25-14-20-18-11-6-4-9-16(18)17-10-5-7-12-19(17)20/h4-7,9-13,15,20H,2-3,8,14H2,1H3,(H,22,24)/t15-/m1/s1. The first kappa shape index (κ1) is 17.2. The number of benzene rings is 2. The van der Waals surface area contributed by atoms with E-state index in [1.807, 2.05) is 24.3 Å². The lowest BCUT2D eigenvalue weighted by Gasteiger charge is -2.16. The molecule has 0 saturated heterocycles. The molecule has 0 heterocycles. The van der Waals surface area contributed by atoms with Crippen LogP contribution in [0.15, 0.2) is 48.5 Å². The van der Waals surface area contributed by atoms with Gasteiger partial charge in [0.2, 0.25) is 0 Å². The Labute approximate surface area is 148 Å². The van der Waals surface area contributed by atoms with Gasteiger partial charge in [0, 0.05) is 5.92 Å². The van der Waals surface area contributed by atoms with Gasteiger partial charge in [-0.25, -0.2) is 4.79 Å². The van der Waals surface area contributed by atoms with Crippen LogP contribution >= 0.6 is 0 Å². The van der Waals surface area contributed by atoms with Crippen molar-refractivity contribution in [2.45, 2.75) is 38.1 Å². The number of aldehydes is 1. The molecule has 0 saturated carbocycles. The summed E-state index contributed by atoms with van der Waals surface area (Å²) in [7, 11) is 0. The van der Waals surface area contributed by atoms with E-state index in [0.717, 1.165) is 19.1 Å². The molecule has 25 heavy (non-hydrogen) atoms. The minimum atomic E-state index is -0.532. The van der Waals surface area contributed by atoms with Crippen molar-refractivity contribution < 1.29 is 14.3 Å². The number of carbonyl (C=O) groups is 2. The Balaban J connectivity index is 1.67. The van der Waals surface area contributed by atoms with E-state index in [4.69, 9.17) is 4.74 Å². The average molecular weight is 337 g/mol. The highest BCUT2D eigenvalue weighted by molar-refractivity contribution is 5.79. The lowest BCUT2D eigenvalue weighted by atomic mass is 9.98. The van der Waals surface area contributed by atoms with Gasteiger partial charge >= 0.3 is 6.09 Å². The molecule has 1 amide bonds. The Morgan fingerprint density at radius 3 is 2.28 bits per heavy atom. The molecule has 0 aliphatic heterocycles. The highest BCUT2D eigenvalue weighted by Gasteiger charge is 2.29. The quantitative estimate of drug-likeness (QED) is 0.767. The summed E-state index contributed by atoms with van der Waals surface area (Å²) < 4.78 is 5.44. The largest absolute Gasteiger partial charge is 0.449 e. The zero-order valence-electron chi connectivity index (χ0n) is 14.4. The molecule has 1 N–H and O–H groups in total. The predicted octanol–water partition coefficient (Wildman–Crippen LogP) is 4.28. The number of carbonyl (C=O) groups excluding carboxylic acids is 2. The molecule has 1 aliphatic carbocycles. The number of amides is 1. The molecule has 4 heteroatoms. The minimum Gasteiger partial charge on any atom is -0.449 e. The molecule has 3 rings (SSSR count). The van der Waals surface area contributed by atoms with E-state index in [-0.39, 0.29) is 12.5 Å². The number of alkyl carbamates (subject to hydrolysis) is 1. The van der Waals surface area contributed by atoms with Crippen LogP contribution in [0.2, 0.25) is 0 Å². The summed E-state index contributed by atoms with van der Waals surface area (Å²) in [6.45, 7) is 2.31. The van der Waals surface area contributed by atoms with E-state index in [1.54, 1.807) is 0 Å². The summed E-state index contributed by atoms with van der Waals surface area (Å²) in [6.07, 6.45) is 2.76. The fourth-order valence-electron chi connectivity index (χ4n) is 3.39. The van der Waals surface area contributed by atoms with E-state index in [0.29, 0.717) is 6.42 Å². The number of nitrogens with one attached hydrogen (secondary N) is 1. The monoisotopic (exact) mass is 337 g/mol. The smallest absolute Gasteiger partial charge is 0.407 e. The van der Waals surface area contributed by atoms with Crippen LogP contribution in [0.25, 0.3) is 11.1 Å². The average Bonchev–Trinajstić information content (AvgIpc) is 2.97. The van der Waals surface area contributed by atoms with E-state index >= 15 is 0 Å². The van der Waals surface area contributed by atoms with Gasteiger partial charge in [-0.2, -0.15) is 0 Å². The van der Waals surface area contributed by atoms with Crippen molar-refractivity contribution in [1.82, 2.24) is 5.32 Å². The lowest BCUT2D eigenvalue weighted by molar-refractivity contribution is -0.109. The maximum Gasteiger partial charge on any atom is 0.407 e. The molecule has 4 nitrogen and oxygen atoms in total. The van der Waals surface area contributed by atoms with Crippen molar-refractivity contribution in [2.75, 3.05) is 6.61 Å². The van der Waals surface area contributed by atoms with Gasteiger partial charge in [-0.15, -0.1) is 0 Å². The summed E-state index contributed by atoms with van der Waals surface area (Å²) in [5.74, 6) is 0.0310. The topological polar surface area (TPSA) is 55.4 Å². The SMILES string of the molecule is CCCC[C@H](C=O)NC(=O)OCC1c2ccccc2-c2ccccc21. The summed E-state index contributed by atoms with van der Waals surface area (Å²) in [5, 5.41) is 2.64. The van der Waals surface area contributed by atoms with Crippen LogP contribution < -0.4 is 5.32 Å². The Kier molecular flexibility index (Phi) is 5.49. The first-order valence-corrected chi connectivity index (χ1v) is 8.81. The summed E-state index contributed by atoms with van der Waals surface area (Å²) >= 11 is 0. The van der Waals surface area contributed by atoms with Crippen molar-refractivity contribution in [2.24, 2.45) is 0 Å². The molecule has 2 aromatic carbocycles. The molecule has 0 radical (unpaired) electrons. The Morgan fingerprint density at radius 2 is 1.72 bits per heavy atom. The third kappa shape index (κ3) is 3.73. The molecule has 0 fully saturated rings. The van der Waals surface area contributed by atoms with Gasteiger partial charge < -0.3 is 14.8 Å². The van der Waals surface area contributed by atoms with Gasteiger partial charge in [-0.3, -0.25) is 0 Å². The fraction of sp³-hybridized carbons (Fsp3) is 0.333. The first-order valence-electron chi connectivity index (χ1n) is 8.81. The zero-order chi connectivity index (χ0) is 17.6. The molecule has 1 atom stereocenters. The molecular formula is C21H23NO3. The third-order valence-corrected chi connectivity index (χ3v) is 4.68. The first-order chi connectivity index (χ1) is 12.2. The van der Waals surface area contributed by atoms with Crippen LogP contribution in [0.3, 0.4) is 0 Å². The van der Waals surface area contributed by atoms with Crippen molar-refractivity contribution in [1.29, 1.82) is 0 Å². The van der Waals surface area contributed by atoms with Crippen LogP contribution in [0.5, 0.6) is 0 Å². The summed E-state index contributed by atoms with van der Waals surface area (Å²) in [5.41, 5.74) is 4.74. The summed E-state index contributed by atoms with van der Waals surface area (Å²) in [6, 6.07) is 15.9. The van der Waals surface area contributed by atoms with Crippen molar-refractivity contribution >= 4 is 12.4 Å². The Morgan fingerprint density at radius 1 is 1.12 bits per heavy atom. The van der Waals surface area contributed by atoms with E-state index in [1.165, 1.54) is 22.3 Å². The van der Waals surface area contributed by atoms with E-state index in [9.17, 15) is 9.59 Å². The maximum absolute atomic E-state index is 12.1. The molecule has 2 aromatic rings. The number of hydrogen-bond donors (Lipinski definition) is 1. The third-order valence-electron chi connectivity index (χ3n) is 4.68. The minimum absolute atomic E-state index is 0.0310. The second kappa shape index (κ2) is 7.97. The second-order valence-electron chi connectivity index (χ2n) is 6.35. The Hall–Kier alpha value is -2.62. The number of rotatable bonds is 7. The number of ether oxygens (including phenoxy) is 1. The normalized spacial score (nSPS) is 13.6. The summed E-state index contributed by atoms with van der Waals surface area (Å²) in [4.78, 5) is 23.1. The molecular weight excluding hydrogens is 314 g/mol. The van der Waals surface area contributed by atoms with Gasteiger partial charge in [0.1, 0.15) is 12.9 Å². The van der Waals surface area contributed by atoms with Crippen molar-refractivity contribution in [3.8, 4) is 11.1 Å². The molecule has 0 unspecified atom stereocenters. The van der Waals surface area contributed by atoms with Gasteiger partial charge in [0.05, 0.1) is 6.04 Å². The van der Waals surface area contributed by atoms with E-state index in [2.05, 4.69) is 36.5 Å². The molecule has 0 aromatic heterocycles. The van der Waals surface area contributed by atoms with Crippen molar-refractivity contribution in [3.05, 3.63) is 59.7 Å². The Bertz CT molecular complexity index is 711. The van der Waals surface area contributed by atoms with Gasteiger partial charge in [-0.05, 0) is 28.7 Å². The lowest BCUT2D eigenvalue weighted by Crippen LogP contribution is -2.37. The number of unbranched alkanes of at least 4 members (excludes halogenated alkanes) is 1. The maximum atomic E-state index is 12.1. The molecule has 130 valence electrons. The van der Waals surface area contributed by atoms with Crippen molar-refractivity contribution in [3.63, 3.8) is 0 Å².